The Morgan fingerprint density at radius 2 is 2.20 bits per heavy atom. The molecule has 0 aromatic carbocycles. The van der Waals surface area contributed by atoms with Crippen LogP contribution in [0, 0.1) is 11.8 Å². The predicted octanol–water partition coefficient (Wildman–Crippen LogP) is 0.444. The molecule has 3 heteroatoms. The molecule has 3 N–H and O–H groups in total. The van der Waals surface area contributed by atoms with Crippen LogP contribution in [0.1, 0.15) is 19.8 Å². The molecule has 1 rings (SSSR count). The molecule has 0 radical (unpaired) electrons. The average Bonchev–Trinajstić information content (AvgIpc) is 1.79. The minimum absolute atomic E-state index is 0.229. The number of hydrogen-bond donors (Lipinski definition) is 2. The summed E-state index contributed by atoms with van der Waals surface area (Å²) in [6, 6.07) is -0.629. The molecule has 0 spiro atoms. The lowest BCUT2D eigenvalue weighted by atomic mass is 9.72. The third-order valence-corrected chi connectivity index (χ3v) is 2.20. The van der Waals surface area contributed by atoms with Crippen molar-refractivity contribution in [3.8, 4) is 0 Å². The van der Waals surface area contributed by atoms with Gasteiger partial charge in [0.25, 0.3) is 0 Å². The first-order valence-corrected chi connectivity index (χ1v) is 3.59. The van der Waals surface area contributed by atoms with E-state index in [1.54, 1.807) is 0 Å². The van der Waals surface area contributed by atoms with Crippen molar-refractivity contribution in [3.05, 3.63) is 0 Å². The Morgan fingerprint density at radius 3 is 2.50 bits per heavy atom. The van der Waals surface area contributed by atoms with E-state index in [1.807, 2.05) is 0 Å². The van der Waals surface area contributed by atoms with Crippen molar-refractivity contribution in [2.24, 2.45) is 17.6 Å². The summed E-state index contributed by atoms with van der Waals surface area (Å²) in [6.45, 7) is 2.12. The van der Waals surface area contributed by atoms with Crippen LogP contribution in [0.25, 0.3) is 0 Å². The zero-order valence-electron chi connectivity index (χ0n) is 6.08. The Bertz CT molecular complexity index is 141. The molecule has 1 atom stereocenters. The standard InChI is InChI=1S/C7H13NO2/c1-4-2-5(3-4)6(8)7(9)10/h4-6H,2-3,8H2,1H3,(H,9,10)/t4?,5?,6-/m1/s1. The van der Waals surface area contributed by atoms with Crippen LogP contribution in [-0.4, -0.2) is 17.1 Å². The van der Waals surface area contributed by atoms with Crippen LogP contribution in [0.4, 0.5) is 0 Å². The average molecular weight is 143 g/mol. The molecule has 10 heavy (non-hydrogen) atoms. The summed E-state index contributed by atoms with van der Waals surface area (Å²) >= 11 is 0. The van der Waals surface area contributed by atoms with E-state index in [-0.39, 0.29) is 5.92 Å². The monoisotopic (exact) mass is 143 g/mol. The molecule has 0 aromatic rings. The van der Waals surface area contributed by atoms with Gasteiger partial charge in [0.05, 0.1) is 0 Å². The fraction of sp³-hybridized carbons (Fsp3) is 0.857. The van der Waals surface area contributed by atoms with Crippen molar-refractivity contribution in [2.45, 2.75) is 25.8 Å². The lowest BCUT2D eigenvalue weighted by Gasteiger charge is -2.34. The van der Waals surface area contributed by atoms with Gasteiger partial charge in [-0.15, -0.1) is 0 Å². The van der Waals surface area contributed by atoms with Gasteiger partial charge in [-0.3, -0.25) is 4.79 Å². The van der Waals surface area contributed by atoms with Crippen LogP contribution >= 0.6 is 0 Å². The second-order valence-corrected chi connectivity index (χ2v) is 3.20. The van der Waals surface area contributed by atoms with Crippen LogP contribution in [0.3, 0.4) is 0 Å². The maximum absolute atomic E-state index is 10.3. The summed E-state index contributed by atoms with van der Waals surface area (Å²) < 4.78 is 0. The largest absolute Gasteiger partial charge is 0.480 e. The minimum Gasteiger partial charge on any atom is -0.480 e. The zero-order valence-corrected chi connectivity index (χ0v) is 6.08. The van der Waals surface area contributed by atoms with Gasteiger partial charge in [0.15, 0.2) is 0 Å². The second-order valence-electron chi connectivity index (χ2n) is 3.20. The molecular formula is C7H13NO2. The minimum atomic E-state index is -0.864. The molecule has 1 aliphatic rings. The van der Waals surface area contributed by atoms with Gasteiger partial charge in [0.2, 0.25) is 0 Å². The molecule has 58 valence electrons. The SMILES string of the molecule is CC1CC([C@@H](N)C(=O)O)C1. The highest BCUT2D eigenvalue weighted by atomic mass is 16.4. The fourth-order valence-corrected chi connectivity index (χ4v) is 1.46. The van der Waals surface area contributed by atoms with E-state index in [0.717, 1.165) is 12.8 Å². The Hall–Kier alpha value is -0.570. The highest BCUT2D eigenvalue weighted by Gasteiger charge is 2.33. The summed E-state index contributed by atoms with van der Waals surface area (Å²) in [5, 5.41) is 8.48. The second kappa shape index (κ2) is 2.58. The Balaban J connectivity index is 2.31. The third kappa shape index (κ3) is 1.29. The van der Waals surface area contributed by atoms with Crippen molar-refractivity contribution in [2.75, 3.05) is 0 Å². The molecule has 0 amide bonds. The molecule has 0 saturated heterocycles. The summed E-state index contributed by atoms with van der Waals surface area (Å²) in [5.74, 6) is 0.0415. The number of hydrogen-bond acceptors (Lipinski definition) is 2. The Labute approximate surface area is 60.2 Å². The molecule has 3 nitrogen and oxygen atoms in total. The van der Waals surface area contributed by atoms with E-state index < -0.39 is 12.0 Å². The molecular weight excluding hydrogens is 130 g/mol. The van der Waals surface area contributed by atoms with Crippen LogP contribution < -0.4 is 5.73 Å². The quantitative estimate of drug-likeness (QED) is 0.589. The molecule has 0 unspecified atom stereocenters. The highest BCUT2D eigenvalue weighted by molar-refractivity contribution is 5.73. The molecule has 0 aromatic heterocycles. The number of aliphatic carboxylic acids is 1. The predicted molar refractivity (Wildman–Crippen MR) is 37.5 cm³/mol. The van der Waals surface area contributed by atoms with Gasteiger partial charge in [-0.05, 0) is 24.7 Å². The van der Waals surface area contributed by atoms with Crippen LogP contribution in [0.5, 0.6) is 0 Å². The van der Waals surface area contributed by atoms with Gasteiger partial charge in [-0.1, -0.05) is 6.92 Å². The van der Waals surface area contributed by atoms with Crippen LogP contribution in [0.2, 0.25) is 0 Å². The lowest BCUT2D eigenvalue weighted by molar-refractivity contribution is -0.141. The summed E-state index contributed by atoms with van der Waals surface area (Å²) in [6.07, 6.45) is 1.96. The molecule has 1 fully saturated rings. The van der Waals surface area contributed by atoms with E-state index in [9.17, 15) is 4.79 Å². The number of rotatable bonds is 2. The highest BCUT2D eigenvalue weighted by Crippen LogP contribution is 2.34. The van der Waals surface area contributed by atoms with Crippen molar-refractivity contribution in [1.29, 1.82) is 0 Å². The first kappa shape index (κ1) is 7.54. The number of nitrogens with two attached hydrogens (primary N) is 1. The van der Waals surface area contributed by atoms with E-state index in [0.29, 0.717) is 5.92 Å². The molecule has 0 bridgehead atoms. The van der Waals surface area contributed by atoms with Crippen LogP contribution in [-0.2, 0) is 4.79 Å². The zero-order chi connectivity index (χ0) is 7.72. The Morgan fingerprint density at radius 1 is 1.70 bits per heavy atom. The van der Waals surface area contributed by atoms with Crippen molar-refractivity contribution in [1.82, 2.24) is 0 Å². The maximum Gasteiger partial charge on any atom is 0.320 e. The summed E-state index contributed by atoms with van der Waals surface area (Å²) in [5.41, 5.74) is 5.38. The first-order valence-electron chi connectivity index (χ1n) is 3.59. The van der Waals surface area contributed by atoms with E-state index in [1.165, 1.54) is 0 Å². The van der Waals surface area contributed by atoms with Gasteiger partial charge in [-0.2, -0.15) is 0 Å². The van der Waals surface area contributed by atoms with Crippen molar-refractivity contribution in [3.63, 3.8) is 0 Å². The van der Waals surface area contributed by atoms with Crippen LogP contribution in [0.15, 0.2) is 0 Å². The summed E-state index contributed by atoms with van der Waals surface area (Å²) in [4.78, 5) is 10.3. The van der Waals surface area contributed by atoms with E-state index >= 15 is 0 Å². The molecule has 0 aliphatic heterocycles. The van der Waals surface area contributed by atoms with Gasteiger partial charge < -0.3 is 10.8 Å². The van der Waals surface area contributed by atoms with E-state index in [4.69, 9.17) is 10.8 Å². The number of carbonyl (C=O) groups is 1. The van der Waals surface area contributed by atoms with Gasteiger partial charge >= 0.3 is 5.97 Å². The lowest BCUT2D eigenvalue weighted by Crippen LogP contribution is -2.43. The molecule has 1 aliphatic carbocycles. The maximum atomic E-state index is 10.3. The molecule has 0 heterocycles. The number of carboxylic acid groups (broad SMARTS) is 1. The van der Waals surface area contributed by atoms with Gasteiger partial charge in [0.1, 0.15) is 6.04 Å². The fourth-order valence-electron chi connectivity index (χ4n) is 1.46. The van der Waals surface area contributed by atoms with Gasteiger partial charge in [0, 0.05) is 0 Å². The first-order chi connectivity index (χ1) is 4.61. The number of carboxylic acids is 1. The van der Waals surface area contributed by atoms with Gasteiger partial charge in [-0.25, -0.2) is 0 Å². The van der Waals surface area contributed by atoms with Crippen molar-refractivity contribution >= 4 is 5.97 Å². The Kier molecular flexibility index (Phi) is 1.94. The smallest absolute Gasteiger partial charge is 0.320 e. The third-order valence-electron chi connectivity index (χ3n) is 2.20. The topological polar surface area (TPSA) is 63.3 Å². The van der Waals surface area contributed by atoms with Crippen molar-refractivity contribution < 1.29 is 9.90 Å². The summed E-state index contributed by atoms with van der Waals surface area (Å²) in [7, 11) is 0. The normalized spacial score (nSPS) is 34.6. The molecule has 1 saturated carbocycles. The van der Waals surface area contributed by atoms with E-state index in [2.05, 4.69) is 6.92 Å².